The monoisotopic (exact) mass is 156 g/mol. The average Bonchev–Trinajstić information content (AvgIpc) is 1.95. The van der Waals surface area contributed by atoms with Gasteiger partial charge in [0.15, 0.2) is 5.38 Å². The zero-order valence-corrected chi connectivity index (χ0v) is 5.78. The zero-order chi connectivity index (χ0) is 7.56. The lowest BCUT2D eigenvalue weighted by Gasteiger charge is -2.03. The Labute approximate surface area is 62.9 Å². The fourth-order valence-corrected chi connectivity index (χ4v) is 0.839. The van der Waals surface area contributed by atoms with Crippen molar-refractivity contribution in [3.8, 4) is 0 Å². The maximum atomic E-state index is 8.97. The third kappa shape index (κ3) is 1.10. The van der Waals surface area contributed by atoms with Gasteiger partial charge < -0.3 is 10.6 Å². The molecular formula is C6H5ClN2O. The normalized spacial score (nSPS) is 23.9. The third-order valence-electron chi connectivity index (χ3n) is 1.17. The van der Waals surface area contributed by atoms with Crippen molar-refractivity contribution in [2.45, 2.75) is 5.38 Å². The molecule has 0 fully saturated rings. The molecular weight excluding hydrogens is 152 g/mol. The average molecular weight is 157 g/mol. The van der Waals surface area contributed by atoms with Crippen LogP contribution in [0.5, 0.6) is 0 Å². The number of aliphatic hydroxyl groups excluding tert-OH is 1. The predicted octanol–water partition coefficient (Wildman–Crippen LogP) is 1.28. The van der Waals surface area contributed by atoms with Gasteiger partial charge in [0.25, 0.3) is 0 Å². The van der Waals surface area contributed by atoms with Gasteiger partial charge in [0.05, 0.1) is 0 Å². The Morgan fingerprint density at radius 2 is 2.40 bits per heavy atom. The van der Waals surface area contributed by atoms with Gasteiger partial charge in [-0.2, -0.15) is 4.79 Å². The Kier molecular flexibility index (Phi) is 1.90. The van der Waals surface area contributed by atoms with Gasteiger partial charge in [-0.15, -0.1) is 11.6 Å². The van der Waals surface area contributed by atoms with E-state index in [4.69, 9.17) is 22.2 Å². The second-order valence-corrected chi connectivity index (χ2v) is 2.27. The molecule has 0 saturated carbocycles. The Balaban J connectivity index is 3.00. The summed E-state index contributed by atoms with van der Waals surface area (Å²) >= 11 is 5.57. The number of nitrogens with zero attached hydrogens (tertiary/aromatic N) is 2. The van der Waals surface area contributed by atoms with Crippen LogP contribution in [0, 0.1) is 0 Å². The first-order chi connectivity index (χ1) is 4.75. The molecule has 1 atom stereocenters. The zero-order valence-electron chi connectivity index (χ0n) is 5.03. The number of rotatable bonds is 0. The van der Waals surface area contributed by atoms with Crippen LogP contribution in [-0.2, 0) is 0 Å². The predicted molar refractivity (Wildman–Crippen MR) is 38.1 cm³/mol. The maximum Gasteiger partial charge on any atom is 0.317 e. The number of allylic oxidation sites excluding steroid dienone is 4. The van der Waals surface area contributed by atoms with Crippen molar-refractivity contribution in [2.75, 3.05) is 0 Å². The van der Waals surface area contributed by atoms with Gasteiger partial charge in [0.1, 0.15) is 5.76 Å². The number of hydrogen-bond acceptors (Lipinski definition) is 1. The molecule has 3 nitrogen and oxygen atoms in total. The van der Waals surface area contributed by atoms with E-state index in [2.05, 4.69) is 4.79 Å². The summed E-state index contributed by atoms with van der Waals surface area (Å²) < 4.78 is 0. The summed E-state index contributed by atoms with van der Waals surface area (Å²) in [7, 11) is 0. The van der Waals surface area contributed by atoms with Gasteiger partial charge in [-0.1, -0.05) is 6.08 Å². The lowest BCUT2D eigenvalue weighted by atomic mass is 10.1. The fourth-order valence-electron chi connectivity index (χ4n) is 0.650. The van der Waals surface area contributed by atoms with Crippen LogP contribution < -0.4 is 0 Å². The van der Waals surface area contributed by atoms with Gasteiger partial charge in [-0.25, -0.2) is 0 Å². The summed E-state index contributed by atoms with van der Waals surface area (Å²) in [6.45, 7) is 0. The van der Waals surface area contributed by atoms with E-state index >= 15 is 0 Å². The molecule has 10 heavy (non-hydrogen) atoms. The van der Waals surface area contributed by atoms with E-state index in [1.54, 1.807) is 6.08 Å². The van der Waals surface area contributed by atoms with Crippen LogP contribution in [0.2, 0.25) is 0 Å². The first-order valence-corrected chi connectivity index (χ1v) is 3.12. The SMILES string of the molecule is [N-]=[N+]=C1C=CC=C(O)C1Cl. The van der Waals surface area contributed by atoms with Gasteiger partial charge in [-0.05, 0) is 6.08 Å². The minimum Gasteiger partial charge on any atom is -0.510 e. The summed E-state index contributed by atoms with van der Waals surface area (Å²) in [6, 6.07) is 0. The topological polar surface area (TPSA) is 56.6 Å². The molecule has 0 spiro atoms. The Bertz CT molecular complexity index is 250. The smallest absolute Gasteiger partial charge is 0.317 e. The molecule has 1 rings (SSSR count). The minimum absolute atomic E-state index is 0.00281. The lowest BCUT2D eigenvalue weighted by Crippen LogP contribution is -2.17. The third-order valence-corrected chi connectivity index (χ3v) is 1.62. The van der Waals surface area contributed by atoms with E-state index in [1.807, 2.05) is 0 Å². The first-order valence-electron chi connectivity index (χ1n) is 2.69. The van der Waals surface area contributed by atoms with E-state index in [0.717, 1.165) is 0 Å². The Hall–Kier alpha value is -1.05. The van der Waals surface area contributed by atoms with Crippen LogP contribution >= 0.6 is 11.6 Å². The van der Waals surface area contributed by atoms with Gasteiger partial charge in [-0.3, -0.25) is 0 Å². The summed E-state index contributed by atoms with van der Waals surface area (Å²) in [5, 5.41) is 8.25. The molecule has 0 radical (unpaired) electrons. The van der Waals surface area contributed by atoms with Crippen molar-refractivity contribution < 1.29 is 9.90 Å². The van der Waals surface area contributed by atoms with Crippen molar-refractivity contribution >= 4 is 17.3 Å². The van der Waals surface area contributed by atoms with Gasteiger partial charge in [0.2, 0.25) is 0 Å². The van der Waals surface area contributed by atoms with Gasteiger partial charge >= 0.3 is 5.71 Å². The molecule has 0 aromatic rings. The summed E-state index contributed by atoms with van der Waals surface area (Å²) in [5.74, 6) is -0.00281. The molecule has 1 N–H and O–H groups in total. The van der Waals surface area contributed by atoms with Crippen molar-refractivity contribution in [2.24, 2.45) is 0 Å². The van der Waals surface area contributed by atoms with Crippen molar-refractivity contribution in [3.63, 3.8) is 0 Å². The van der Waals surface area contributed by atoms with E-state index in [1.165, 1.54) is 12.2 Å². The molecule has 1 aliphatic carbocycles. The Morgan fingerprint density at radius 3 is 2.90 bits per heavy atom. The Morgan fingerprint density at radius 1 is 1.70 bits per heavy atom. The number of aliphatic hydroxyl groups is 1. The van der Waals surface area contributed by atoms with E-state index in [9.17, 15) is 0 Å². The number of hydrogen-bond donors (Lipinski definition) is 1. The highest BCUT2D eigenvalue weighted by molar-refractivity contribution is 6.35. The maximum absolute atomic E-state index is 8.97. The van der Waals surface area contributed by atoms with E-state index < -0.39 is 5.38 Å². The second kappa shape index (κ2) is 2.69. The van der Waals surface area contributed by atoms with Crippen molar-refractivity contribution in [3.05, 3.63) is 29.5 Å². The number of alkyl halides is 1. The first kappa shape index (κ1) is 7.06. The molecule has 0 amide bonds. The standard InChI is InChI=1S/C6H5ClN2O/c7-6-4(9-8)2-1-3-5(6)10/h1-3,6,10H. The van der Waals surface area contributed by atoms with Crippen LogP contribution in [-0.4, -0.2) is 21.0 Å². The highest BCUT2D eigenvalue weighted by Crippen LogP contribution is 2.12. The molecule has 1 unspecified atom stereocenters. The fraction of sp³-hybridized carbons (Fsp3) is 0.167. The molecule has 0 aromatic heterocycles. The number of halogens is 1. The van der Waals surface area contributed by atoms with Crippen LogP contribution in [0.4, 0.5) is 0 Å². The molecule has 0 saturated heterocycles. The molecule has 0 bridgehead atoms. The van der Waals surface area contributed by atoms with Crippen LogP contribution in [0.25, 0.3) is 5.53 Å². The molecule has 1 aliphatic rings. The van der Waals surface area contributed by atoms with Crippen LogP contribution in [0.3, 0.4) is 0 Å². The largest absolute Gasteiger partial charge is 0.510 e. The van der Waals surface area contributed by atoms with E-state index in [0.29, 0.717) is 0 Å². The lowest BCUT2D eigenvalue weighted by molar-refractivity contribution is -0.00599. The van der Waals surface area contributed by atoms with Crippen molar-refractivity contribution in [1.29, 1.82) is 0 Å². The quantitative estimate of drug-likeness (QED) is 0.321. The second-order valence-electron chi connectivity index (χ2n) is 1.84. The molecule has 52 valence electrons. The highest BCUT2D eigenvalue weighted by atomic mass is 35.5. The van der Waals surface area contributed by atoms with Crippen molar-refractivity contribution in [1.82, 2.24) is 0 Å². The summed E-state index contributed by atoms with van der Waals surface area (Å²) in [5.41, 5.74) is 8.54. The van der Waals surface area contributed by atoms with Gasteiger partial charge in [0, 0.05) is 6.08 Å². The molecule has 0 aliphatic heterocycles. The molecule has 4 heteroatoms. The summed E-state index contributed by atoms with van der Waals surface area (Å²) in [6.07, 6.45) is 4.53. The minimum atomic E-state index is -0.713. The van der Waals surface area contributed by atoms with Crippen LogP contribution in [0.1, 0.15) is 0 Å². The summed E-state index contributed by atoms with van der Waals surface area (Å²) in [4.78, 5) is 2.88. The molecule has 0 heterocycles. The molecule has 0 aromatic carbocycles. The highest BCUT2D eigenvalue weighted by Gasteiger charge is 2.24. The van der Waals surface area contributed by atoms with Crippen LogP contribution in [0.15, 0.2) is 24.0 Å². The van der Waals surface area contributed by atoms with E-state index in [-0.39, 0.29) is 11.5 Å².